The Hall–Kier alpha value is -2.24. The van der Waals surface area contributed by atoms with Crippen LogP contribution >= 0.6 is 0 Å². The standard InChI is InChI=1S/C18H21N5O/c24-18-8-6-16(14-3-4-14)21-23(18)11-12-9-22(10-12)17-7-5-15(19-20-17)13-1-2-13/h5-8,12-14H,1-4,9-11H2. The molecule has 124 valence electrons. The minimum atomic E-state index is 0.00595. The summed E-state index contributed by atoms with van der Waals surface area (Å²) in [6.07, 6.45) is 4.92. The second kappa shape index (κ2) is 5.40. The van der Waals surface area contributed by atoms with E-state index in [0.29, 0.717) is 24.3 Å². The first-order chi connectivity index (χ1) is 11.8. The van der Waals surface area contributed by atoms with Gasteiger partial charge in [-0.1, -0.05) is 0 Å². The summed E-state index contributed by atoms with van der Waals surface area (Å²) in [5, 5.41) is 13.3. The molecule has 0 aromatic carbocycles. The molecule has 0 atom stereocenters. The molecule has 2 aromatic rings. The van der Waals surface area contributed by atoms with Crippen molar-refractivity contribution >= 4 is 5.82 Å². The summed E-state index contributed by atoms with van der Waals surface area (Å²) in [5.74, 6) is 2.62. The maximum absolute atomic E-state index is 12.0. The highest BCUT2D eigenvalue weighted by Gasteiger charge is 2.31. The van der Waals surface area contributed by atoms with E-state index in [-0.39, 0.29) is 5.56 Å². The van der Waals surface area contributed by atoms with Crippen molar-refractivity contribution in [1.29, 1.82) is 0 Å². The van der Waals surface area contributed by atoms with Gasteiger partial charge < -0.3 is 4.90 Å². The number of rotatable bonds is 5. The third kappa shape index (κ3) is 2.70. The largest absolute Gasteiger partial charge is 0.354 e. The van der Waals surface area contributed by atoms with Gasteiger partial charge in [-0.15, -0.1) is 5.10 Å². The Balaban J connectivity index is 1.22. The van der Waals surface area contributed by atoms with Gasteiger partial charge >= 0.3 is 0 Å². The molecule has 0 N–H and O–H groups in total. The molecule has 1 aliphatic heterocycles. The number of aromatic nitrogens is 4. The van der Waals surface area contributed by atoms with Crippen LogP contribution in [0, 0.1) is 5.92 Å². The van der Waals surface area contributed by atoms with Crippen molar-refractivity contribution in [1.82, 2.24) is 20.0 Å². The molecule has 5 rings (SSSR count). The van der Waals surface area contributed by atoms with E-state index in [1.54, 1.807) is 10.7 Å². The number of hydrogen-bond donors (Lipinski definition) is 0. The lowest BCUT2D eigenvalue weighted by atomic mass is 10.0. The maximum Gasteiger partial charge on any atom is 0.266 e. The third-order valence-corrected chi connectivity index (χ3v) is 5.26. The van der Waals surface area contributed by atoms with Crippen LogP contribution in [0.1, 0.15) is 48.9 Å². The fourth-order valence-corrected chi connectivity index (χ4v) is 3.41. The molecule has 3 fully saturated rings. The van der Waals surface area contributed by atoms with Gasteiger partial charge in [0.25, 0.3) is 5.56 Å². The fourth-order valence-electron chi connectivity index (χ4n) is 3.41. The van der Waals surface area contributed by atoms with E-state index in [4.69, 9.17) is 0 Å². The van der Waals surface area contributed by atoms with Crippen molar-refractivity contribution in [3.05, 3.63) is 46.0 Å². The molecule has 0 amide bonds. The summed E-state index contributed by atoms with van der Waals surface area (Å²) in [6, 6.07) is 7.74. The molecule has 2 aromatic heterocycles. The summed E-state index contributed by atoms with van der Waals surface area (Å²) in [6.45, 7) is 2.53. The van der Waals surface area contributed by atoms with Gasteiger partial charge in [0.2, 0.25) is 0 Å². The highest BCUT2D eigenvalue weighted by atomic mass is 16.1. The Morgan fingerprint density at radius 2 is 1.62 bits per heavy atom. The van der Waals surface area contributed by atoms with Crippen molar-refractivity contribution in [2.75, 3.05) is 18.0 Å². The first-order valence-electron chi connectivity index (χ1n) is 8.93. The van der Waals surface area contributed by atoms with Crippen LogP contribution in [0.5, 0.6) is 0 Å². The Labute approximate surface area is 140 Å². The van der Waals surface area contributed by atoms with Crippen LogP contribution in [0.15, 0.2) is 29.1 Å². The monoisotopic (exact) mass is 323 g/mol. The number of nitrogens with zero attached hydrogens (tertiary/aromatic N) is 5. The predicted molar refractivity (Wildman–Crippen MR) is 90.2 cm³/mol. The molecular formula is C18H21N5O. The topological polar surface area (TPSA) is 63.9 Å². The van der Waals surface area contributed by atoms with Crippen LogP contribution in [-0.4, -0.2) is 33.1 Å². The number of anilines is 1. The molecule has 0 spiro atoms. The molecular weight excluding hydrogens is 302 g/mol. The SMILES string of the molecule is O=c1ccc(C2CC2)nn1CC1CN(c2ccc(C3CC3)nn2)C1. The lowest BCUT2D eigenvalue weighted by Crippen LogP contribution is -2.50. The van der Waals surface area contributed by atoms with Crippen molar-refractivity contribution in [3.63, 3.8) is 0 Å². The summed E-state index contributed by atoms with van der Waals surface area (Å²) >= 11 is 0. The van der Waals surface area contributed by atoms with E-state index >= 15 is 0 Å². The van der Waals surface area contributed by atoms with Crippen molar-refractivity contribution in [2.45, 2.75) is 44.1 Å². The molecule has 1 saturated heterocycles. The maximum atomic E-state index is 12.0. The fraction of sp³-hybridized carbons (Fsp3) is 0.556. The van der Waals surface area contributed by atoms with E-state index in [2.05, 4.69) is 32.3 Å². The molecule has 0 bridgehead atoms. The minimum absolute atomic E-state index is 0.00595. The molecule has 24 heavy (non-hydrogen) atoms. The molecule has 6 nitrogen and oxygen atoms in total. The van der Waals surface area contributed by atoms with Gasteiger partial charge in [0, 0.05) is 36.9 Å². The summed E-state index contributed by atoms with van der Waals surface area (Å²) in [5.41, 5.74) is 2.21. The summed E-state index contributed by atoms with van der Waals surface area (Å²) in [7, 11) is 0. The van der Waals surface area contributed by atoms with Gasteiger partial charge in [-0.25, -0.2) is 4.68 Å². The molecule has 3 heterocycles. The van der Waals surface area contributed by atoms with Gasteiger partial charge in [0.15, 0.2) is 5.82 Å². The summed E-state index contributed by atoms with van der Waals surface area (Å²) < 4.78 is 1.65. The molecule has 6 heteroatoms. The second-order valence-electron chi connectivity index (χ2n) is 7.41. The van der Waals surface area contributed by atoms with Gasteiger partial charge in [-0.3, -0.25) is 4.79 Å². The van der Waals surface area contributed by atoms with Crippen molar-refractivity contribution in [3.8, 4) is 0 Å². The molecule has 3 aliphatic rings. The second-order valence-corrected chi connectivity index (χ2v) is 7.41. The van der Waals surface area contributed by atoms with E-state index in [0.717, 1.165) is 30.3 Å². The van der Waals surface area contributed by atoms with Crippen LogP contribution < -0.4 is 10.5 Å². The zero-order valence-electron chi connectivity index (χ0n) is 13.6. The Morgan fingerprint density at radius 1 is 0.917 bits per heavy atom. The van der Waals surface area contributed by atoms with E-state index in [1.807, 2.05) is 6.07 Å². The van der Waals surface area contributed by atoms with Gasteiger partial charge in [-0.05, 0) is 43.9 Å². The van der Waals surface area contributed by atoms with E-state index in [9.17, 15) is 4.79 Å². The van der Waals surface area contributed by atoms with Gasteiger partial charge in [0.05, 0.1) is 17.9 Å². The van der Waals surface area contributed by atoms with Crippen LogP contribution in [0.2, 0.25) is 0 Å². The van der Waals surface area contributed by atoms with E-state index < -0.39 is 0 Å². The lowest BCUT2D eigenvalue weighted by molar-refractivity contribution is 0.330. The highest BCUT2D eigenvalue weighted by Crippen LogP contribution is 2.39. The molecule has 0 unspecified atom stereocenters. The van der Waals surface area contributed by atoms with Gasteiger partial charge in [-0.2, -0.15) is 10.2 Å². The predicted octanol–water partition coefficient (Wildman–Crippen LogP) is 1.92. The molecule has 2 saturated carbocycles. The average molecular weight is 323 g/mol. The first-order valence-corrected chi connectivity index (χ1v) is 8.93. The molecule has 2 aliphatic carbocycles. The van der Waals surface area contributed by atoms with Gasteiger partial charge in [0.1, 0.15) is 0 Å². The van der Waals surface area contributed by atoms with Crippen LogP contribution in [0.25, 0.3) is 0 Å². The summed E-state index contributed by atoms with van der Waals surface area (Å²) in [4.78, 5) is 14.2. The van der Waals surface area contributed by atoms with Crippen LogP contribution in [0.4, 0.5) is 5.82 Å². The zero-order chi connectivity index (χ0) is 16.1. The Kier molecular flexibility index (Phi) is 3.18. The number of hydrogen-bond acceptors (Lipinski definition) is 5. The lowest BCUT2D eigenvalue weighted by Gasteiger charge is -2.39. The smallest absolute Gasteiger partial charge is 0.266 e. The zero-order valence-corrected chi connectivity index (χ0v) is 13.6. The Bertz CT molecular complexity index is 801. The third-order valence-electron chi connectivity index (χ3n) is 5.26. The van der Waals surface area contributed by atoms with Crippen LogP contribution in [0.3, 0.4) is 0 Å². The average Bonchev–Trinajstić information content (AvgIpc) is 3.45. The van der Waals surface area contributed by atoms with Crippen molar-refractivity contribution < 1.29 is 0 Å². The normalized spacial score (nSPS) is 20.9. The van der Waals surface area contributed by atoms with Crippen LogP contribution in [-0.2, 0) is 6.54 Å². The highest BCUT2D eigenvalue weighted by molar-refractivity contribution is 5.41. The molecule has 0 radical (unpaired) electrons. The van der Waals surface area contributed by atoms with Crippen molar-refractivity contribution in [2.24, 2.45) is 5.92 Å². The minimum Gasteiger partial charge on any atom is -0.354 e. The Morgan fingerprint density at radius 3 is 2.29 bits per heavy atom. The first kappa shape index (κ1) is 14.1. The quantitative estimate of drug-likeness (QED) is 0.841. The van der Waals surface area contributed by atoms with E-state index in [1.165, 1.54) is 25.7 Å².